The quantitative estimate of drug-likeness (QED) is 0.173. The molecule has 0 atom stereocenters. The SMILES string of the molecule is c1ccc2cc3c(cc2c1)oc1ccc(-c2c4ccccc4c(-c4cccc5oc6ccccc6c45)c4cc(-c5cccc6ccccc56)ccc24)cc13. The van der Waals surface area contributed by atoms with Crippen molar-refractivity contribution in [3.05, 3.63) is 182 Å². The van der Waals surface area contributed by atoms with Crippen LogP contribution in [0.2, 0.25) is 0 Å². The number of para-hydroxylation sites is 1. The Morgan fingerprint density at radius 3 is 1.69 bits per heavy atom. The number of rotatable bonds is 3. The van der Waals surface area contributed by atoms with Crippen LogP contribution in [0.3, 0.4) is 0 Å². The molecule has 12 aromatic rings. The highest BCUT2D eigenvalue weighted by atomic mass is 16.3. The summed E-state index contributed by atoms with van der Waals surface area (Å²) in [6.07, 6.45) is 0. The van der Waals surface area contributed by atoms with E-state index < -0.39 is 0 Å². The zero-order valence-electron chi connectivity index (χ0n) is 29.1. The Morgan fingerprint density at radius 1 is 0.259 bits per heavy atom. The molecule has 0 amide bonds. The standard InChI is InChI=1S/C52H30O2/c1-2-13-33-30-49-44(27-32(33)12-1)43-29-35(24-26-47(43)54-49)50-38-16-5-6-17-39(38)51(42-20-10-22-48-52(42)41-18-7-8-21-46(41)53-48)45-28-34(23-25-40(45)50)37-19-9-14-31-11-3-4-15-36(31)37/h1-30H. The van der Waals surface area contributed by atoms with Crippen molar-refractivity contribution in [3.8, 4) is 33.4 Å². The van der Waals surface area contributed by atoms with Gasteiger partial charge in [0.05, 0.1) is 0 Å². The van der Waals surface area contributed by atoms with Gasteiger partial charge in [0.15, 0.2) is 0 Å². The minimum atomic E-state index is 0.894. The lowest BCUT2D eigenvalue weighted by Gasteiger charge is -2.19. The first-order valence-corrected chi connectivity index (χ1v) is 18.5. The predicted molar refractivity (Wildman–Crippen MR) is 227 cm³/mol. The first kappa shape index (κ1) is 29.4. The summed E-state index contributed by atoms with van der Waals surface area (Å²) in [5.41, 5.74) is 10.8. The third-order valence-corrected chi connectivity index (χ3v) is 11.4. The van der Waals surface area contributed by atoms with E-state index in [2.05, 4.69) is 176 Å². The molecule has 0 aliphatic carbocycles. The van der Waals surface area contributed by atoms with Gasteiger partial charge in [-0.2, -0.15) is 0 Å². The van der Waals surface area contributed by atoms with Gasteiger partial charge in [-0.05, 0) is 119 Å². The van der Waals surface area contributed by atoms with Gasteiger partial charge in [-0.25, -0.2) is 0 Å². The van der Waals surface area contributed by atoms with Crippen molar-refractivity contribution < 1.29 is 8.83 Å². The Balaban J connectivity index is 1.22. The molecule has 0 saturated heterocycles. The van der Waals surface area contributed by atoms with Crippen LogP contribution in [-0.2, 0) is 0 Å². The van der Waals surface area contributed by atoms with Crippen LogP contribution in [0.4, 0.5) is 0 Å². The Kier molecular flexibility index (Phi) is 6.09. The summed E-state index contributed by atoms with van der Waals surface area (Å²) in [5.74, 6) is 0. The van der Waals surface area contributed by atoms with Crippen LogP contribution in [-0.4, -0.2) is 0 Å². The molecular formula is C52H30O2. The number of furan rings is 2. The summed E-state index contributed by atoms with van der Waals surface area (Å²) >= 11 is 0. The molecular weight excluding hydrogens is 657 g/mol. The molecule has 0 N–H and O–H groups in total. The molecule has 2 nitrogen and oxygen atoms in total. The molecule has 0 bridgehead atoms. The van der Waals surface area contributed by atoms with Crippen LogP contribution in [0.15, 0.2) is 191 Å². The third-order valence-electron chi connectivity index (χ3n) is 11.4. The number of hydrogen-bond donors (Lipinski definition) is 0. The first-order valence-electron chi connectivity index (χ1n) is 18.5. The van der Waals surface area contributed by atoms with Crippen LogP contribution in [0.1, 0.15) is 0 Å². The Hall–Kier alpha value is -7.16. The summed E-state index contributed by atoms with van der Waals surface area (Å²) < 4.78 is 12.9. The molecule has 54 heavy (non-hydrogen) atoms. The van der Waals surface area contributed by atoms with Crippen molar-refractivity contribution >= 4 is 87.0 Å². The third kappa shape index (κ3) is 4.22. The van der Waals surface area contributed by atoms with Gasteiger partial charge >= 0.3 is 0 Å². The zero-order valence-corrected chi connectivity index (χ0v) is 29.1. The van der Waals surface area contributed by atoms with Crippen molar-refractivity contribution in [2.24, 2.45) is 0 Å². The lowest BCUT2D eigenvalue weighted by Crippen LogP contribution is -1.92. The molecule has 0 unspecified atom stereocenters. The molecule has 0 aliphatic heterocycles. The fraction of sp³-hybridized carbons (Fsp3) is 0. The minimum absolute atomic E-state index is 0.894. The van der Waals surface area contributed by atoms with Gasteiger partial charge in [-0.15, -0.1) is 0 Å². The normalized spacial score (nSPS) is 12.1. The molecule has 12 rings (SSSR count). The largest absolute Gasteiger partial charge is 0.456 e. The van der Waals surface area contributed by atoms with Crippen LogP contribution in [0.25, 0.3) is 120 Å². The van der Waals surface area contributed by atoms with Gasteiger partial charge in [-0.3, -0.25) is 0 Å². The molecule has 0 fully saturated rings. The van der Waals surface area contributed by atoms with E-state index in [1.807, 2.05) is 6.07 Å². The lowest BCUT2D eigenvalue weighted by atomic mass is 9.83. The maximum absolute atomic E-state index is 6.46. The fourth-order valence-corrected chi connectivity index (χ4v) is 9.02. The fourth-order valence-electron chi connectivity index (χ4n) is 9.02. The predicted octanol–water partition coefficient (Wildman–Crippen LogP) is 15.1. The van der Waals surface area contributed by atoms with Gasteiger partial charge in [0, 0.05) is 21.5 Å². The van der Waals surface area contributed by atoms with Gasteiger partial charge in [-0.1, -0.05) is 140 Å². The maximum Gasteiger partial charge on any atom is 0.136 e. The molecule has 2 heteroatoms. The number of benzene rings is 10. The minimum Gasteiger partial charge on any atom is -0.456 e. The molecule has 250 valence electrons. The number of fused-ring (bicyclic) bond motifs is 10. The van der Waals surface area contributed by atoms with Crippen LogP contribution in [0, 0.1) is 0 Å². The summed E-state index contributed by atoms with van der Waals surface area (Å²) in [7, 11) is 0. The van der Waals surface area contributed by atoms with Gasteiger partial charge in [0.1, 0.15) is 22.3 Å². The van der Waals surface area contributed by atoms with Crippen LogP contribution >= 0.6 is 0 Å². The molecule has 2 heterocycles. The highest BCUT2D eigenvalue weighted by Crippen LogP contribution is 2.48. The second-order valence-corrected chi connectivity index (χ2v) is 14.4. The summed E-state index contributed by atoms with van der Waals surface area (Å²) in [6.45, 7) is 0. The lowest BCUT2D eigenvalue weighted by molar-refractivity contribution is 0.669. The van der Waals surface area contributed by atoms with E-state index in [9.17, 15) is 0 Å². The van der Waals surface area contributed by atoms with E-state index in [0.29, 0.717) is 0 Å². The Morgan fingerprint density at radius 2 is 0.815 bits per heavy atom. The molecule has 0 saturated carbocycles. The smallest absolute Gasteiger partial charge is 0.136 e. The zero-order chi connectivity index (χ0) is 35.3. The molecule has 0 aliphatic rings. The van der Waals surface area contributed by atoms with Crippen molar-refractivity contribution in [1.29, 1.82) is 0 Å². The van der Waals surface area contributed by atoms with Crippen molar-refractivity contribution in [1.82, 2.24) is 0 Å². The summed E-state index contributed by atoms with van der Waals surface area (Å²) in [6, 6.07) is 65.8. The van der Waals surface area contributed by atoms with Gasteiger partial charge in [0.2, 0.25) is 0 Å². The van der Waals surface area contributed by atoms with Gasteiger partial charge < -0.3 is 8.83 Å². The van der Waals surface area contributed by atoms with Crippen molar-refractivity contribution in [2.45, 2.75) is 0 Å². The average molecular weight is 687 g/mol. The van der Waals surface area contributed by atoms with Crippen LogP contribution < -0.4 is 0 Å². The van der Waals surface area contributed by atoms with E-state index in [1.165, 1.54) is 70.9 Å². The summed E-state index contributed by atoms with van der Waals surface area (Å²) in [5, 5.41) is 14.2. The van der Waals surface area contributed by atoms with E-state index in [0.717, 1.165) is 49.4 Å². The van der Waals surface area contributed by atoms with Crippen molar-refractivity contribution in [2.75, 3.05) is 0 Å². The van der Waals surface area contributed by atoms with Crippen LogP contribution in [0.5, 0.6) is 0 Å². The second kappa shape index (κ2) is 11.2. The second-order valence-electron chi connectivity index (χ2n) is 14.4. The topological polar surface area (TPSA) is 26.3 Å². The highest BCUT2D eigenvalue weighted by Gasteiger charge is 2.22. The molecule has 2 aromatic heterocycles. The molecule has 10 aromatic carbocycles. The molecule has 0 radical (unpaired) electrons. The Bertz CT molecular complexity index is 3500. The molecule has 0 spiro atoms. The van der Waals surface area contributed by atoms with E-state index >= 15 is 0 Å². The Labute approximate surface area is 310 Å². The van der Waals surface area contributed by atoms with E-state index in [4.69, 9.17) is 8.83 Å². The maximum atomic E-state index is 6.46. The van der Waals surface area contributed by atoms with Crippen molar-refractivity contribution in [3.63, 3.8) is 0 Å². The first-order chi connectivity index (χ1) is 26.8. The average Bonchev–Trinajstić information content (AvgIpc) is 3.79. The van der Waals surface area contributed by atoms with E-state index in [-0.39, 0.29) is 0 Å². The van der Waals surface area contributed by atoms with Gasteiger partial charge in [0.25, 0.3) is 0 Å². The highest BCUT2D eigenvalue weighted by molar-refractivity contribution is 6.26. The van der Waals surface area contributed by atoms with E-state index in [1.54, 1.807) is 0 Å². The number of hydrogen-bond acceptors (Lipinski definition) is 2. The monoisotopic (exact) mass is 686 g/mol. The summed E-state index contributed by atoms with van der Waals surface area (Å²) in [4.78, 5) is 0.